The lowest BCUT2D eigenvalue weighted by atomic mass is 10.2. The van der Waals surface area contributed by atoms with Crippen LogP contribution in [-0.4, -0.2) is 6.54 Å². The first kappa shape index (κ1) is 16.3. The predicted octanol–water partition coefficient (Wildman–Crippen LogP) is 4.93. The summed E-state index contributed by atoms with van der Waals surface area (Å²) in [5.41, 5.74) is 1.15. The molecule has 5 heteroatoms. The molecule has 2 aromatic rings. The van der Waals surface area contributed by atoms with E-state index in [-0.39, 0.29) is 5.82 Å². The van der Waals surface area contributed by atoms with Crippen molar-refractivity contribution in [2.24, 2.45) is 0 Å². The summed E-state index contributed by atoms with van der Waals surface area (Å²) in [7, 11) is 0. The molecule has 1 N–H and O–H groups in total. The van der Waals surface area contributed by atoms with Crippen molar-refractivity contribution in [2.45, 2.75) is 33.4 Å². The van der Waals surface area contributed by atoms with Crippen molar-refractivity contribution in [3.8, 4) is 5.75 Å². The second kappa shape index (κ2) is 7.78. The number of nitrogens with one attached hydrogen (secondary N) is 1. The van der Waals surface area contributed by atoms with Gasteiger partial charge < -0.3 is 10.1 Å². The minimum Gasteiger partial charge on any atom is -0.487 e. The molecule has 1 aromatic heterocycles. The van der Waals surface area contributed by atoms with Gasteiger partial charge in [0, 0.05) is 21.9 Å². The molecule has 0 spiro atoms. The summed E-state index contributed by atoms with van der Waals surface area (Å²) in [5.74, 6) is 0.151. The Bertz CT molecular complexity index is 600. The molecule has 21 heavy (non-hydrogen) atoms. The molecule has 114 valence electrons. The second-order valence-corrected chi connectivity index (χ2v) is 6.58. The van der Waals surface area contributed by atoms with Crippen molar-refractivity contribution in [2.75, 3.05) is 6.54 Å². The van der Waals surface area contributed by atoms with E-state index >= 15 is 0 Å². The average Bonchev–Trinajstić information content (AvgIpc) is 2.79. The van der Waals surface area contributed by atoms with Crippen LogP contribution < -0.4 is 10.1 Å². The van der Waals surface area contributed by atoms with Crippen LogP contribution in [0, 0.1) is 12.7 Å². The third-order valence-corrected chi connectivity index (χ3v) is 4.46. The van der Waals surface area contributed by atoms with Crippen LogP contribution in [0.25, 0.3) is 0 Å². The van der Waals surface area contributed by atoms with Crippen LogP contribution in [0.15, 0.2) is 24.3 Å². The Balaban J connectivity index is 1.96. The molecule has 0 radical (unpaired) electrons. The summed E-state index contributed by atoms with van der Waals surface area (Å²) < 4.78 is 18.7. The Hall–Kier alpha value is -1.10. The monoisotopic (exact) mass is 327 g/mol. The smallest absolute Gasteiger partial charge is 0.138 e. The zero-order valence-corrected chi connectivity index (χ0v) is 13.8. The topological polar surface area (TPSA) is 21.3 Å². The summed E-state index contributed by atoms with van der Waals surface area (Å²) in [6, 6.07) is 6.32. The van der Waals surface area contributed by atoms with Crippen molar-refractivity contribution < 1.29 is 9.13 Å². The van der Waals surface area contributed by atoms with Gasteiger partial charge in [0.05, 0.1) is 5.02 Å². The molecule has 0 aliphatic heterocycles. The van der Waals surface area contributed by atoms with Crippen LogP contribution in [0.1, 0.15) is 28.7 Å². The highest BCUT2D eigenvalue weighted by Crippen LogP contribution is 2.28. The van der Waals surface area contributed by atoms with Gasteiger partial charge in [-0.1, -0.05) is 18.5 Å². The van der Waals surface area contributed by atoms with Crippen LogP contribution in [0.2, 0.25) is 5.02 Å². The van der Waals surface area contributed by atoms with E-state index in [1.54, 1.807) is 17.4 Å². The zero-order chi connectivity index (χ0) is 15.2. The molecule has 0 atom stereocenters. The Morgan fingerprint density at radius 1 is 1.33 bits per heavy atom. The first-order valence-corrected chi connectivity index (χ1v) is 8.16. The summed E-state index contributed by atoms with van der Waals surface area (Å²) >= 11 is 7.72. The van der Waals surface area contributed by atoms with Crippen LogP contribution >= 0.6 is 22.9 Å². The van der Waals surface area contributed by atoms with E-state index < -0.39 is 0 Å². The summed E-state index contributed by atoms with van der Waals surface area (Å²) in [6.45, 7) is 6.59. The molecule has 2 rings (SSSR count). The molecule has 0 amide bonds. The van der Waals surface area contributed by atoms with Crippen molar-refractivity contribution in [3.63, 3.8) is 0 Å². The number of hydrogen-bond acceptors (Lipinski definition) is 3. The highest BCUT2D eigenvalue weighted by Gasteiger charge is 2.08. The minimum absolute atomic E-state index is 0.299. The van der Waals surface area contributed by atoms with Crippen molar-refractivity contribution >= 4 is 22.9 Å². The quantitative estimate of drug-likeness (QED) is 0.728. The second-order valence-electron chi connectivity index (χ2n) is 4.83. The summed E-state index contributed by atoms with van der Waals surface area (Å²) in [4.78, 5) is 2.53. The molecule has 0 aliphatic carbocycles. The van der Waals surface area contributed by atoms with Crippen molar-refractivity contribution in [3.05, 3.63) is 50.4 Å². The lowest BCUT2D eigenvalue weighted by Gasteiger charge is -2.07. The molecule has 1 heterocycles. The van der Waals surface area contributed by atoms with Gasteiger partial charge in [-0.15, -0.1) is 11.3 Å². The molecule has 2 nitrogen and oxygen atoms in total. The predicted molar refractivity (Wildman–Crippen MR) is 86.8 cm³/mol. The zero-order valence-electron chi connectivity index (χ0n) is 12.2. The van der Waals surface area contributed by atoms with E-state index in [2.05, 4.69) is 25.2 Å². The van der Waals surface area contributed by atoms with Gasteiger partial charge in [-0.3, -0.25) is 0 Å². The van der Waals surface area contributed by atoms with Gasteiger partial charge in [0.2, 0.25) is 0 Å². The summed E-state index contributed by atoms with van der Waals surface area (Å²) in [5, 5.41) is 3.69. The molecule has 0 saturated carbocycles. The van der Waals surface area contributed by atoms with E-state index in [1.807, 2.05) is 0 Å². The first-order chi connectivity index (χ1) is 10.1. The van der Waals surface area contributed by atoms with Crippen LogP contribution in [0.5, 0.6) is 5.75 Å². The molecular weight excluding hydrogens is 309 g/mol. The number of rotatable bonds is 7. The van der Waals surface area contributed by atoms with E-state index in [1.165, 1.54) is 21.9 Å². The number of halogens is 2. The maximum Gasteiger partial charge on any atom is 0.138 e. The van der Waals surface area contributed by atoms with Gasteiger partial charge >= 0.3 is 0 Å². The average molecular weight is 328 g/mol. The van der Waals surface area contributed by atoms with Gasteiger partial charge in [-0.25, -0.2) is 4.39 Å². The largest absolute Gasteiger partial charge is 0.487 e. The van der Waals surface area contributed by atoms with Crippen LogP contribution in [-0.2, 0) is 13.2 Å². The van der Waals surface area contributed by atoms with Crippen molar-refractivity contribution in [1.29, 1.82) is 0 Å². The van der Waals surface area contributed by atoms with Crippen LogP contribution in [0.3, 0.4) is 0 Å². The van der Waals surface area contributed by atoms with Crippen molar-refractivity contribution in [1.82, 2.24) is 5.32 Å². The fourth-order valence-corrected chi connectivity index (χ4v) is 3.19. The Kier molecular flexibility index (Phi) is 6.03. The lowest BCUT2D eigenvalue weighted by molar-refractivity contribution is 0.305. The number of ether oxygens (including phenoxy) is 1. The number of benzene rings is 1. The Morgan fingerprint density at radius 2 is 2.14 bits per heavy atom. The Morgan fingerprint density at radius 3 is 2.86 bits per heavy atom. The van der Waals surface area contributed by atoms with E-state index in [0.29, 0.717) is 17.4 Å². The van der Waals surface area contributed by atoms with Gasteiger partial charge in [-0.2, -0.15) is 0 Å². The third kappa shape index (κ3) is 4.70. The first-order valence-electron chi connectivity index (χ1n) is 6.97. The molecule has 0 unspecified atom stereocenters. The molecule has 0 saturated heterocycles. The van der Waals surface area contributed by atoms with E-state index in [4.69, 9.17) is 16.3 Å². The highest BCUT2D eigenvalue weighted by atomic mass is 35.5. The van der Waals surface area contributed by atoms with Crippen LogP contribution in [0.4, 0.5) is 4.39 Å². The summed E-state index contributed by atoms with van der Waals surface area (Å²) in [6.07, 6.45) is 1.13. The number of aryl methyl sites for hydroxylation is 1. The fourth-order valence-electron chi connectivity index (χ4n) is 1.95. The highest BCUT2D eigenvalue weighted by molar-refractivity contribution is 7.12. The fraction of sp³-hybridized carbons (Fsp3) is 0.375. The van der Waals surface area contributed by atoms with Gasteiger partial charge in [0.15, 0.2) is 0 Å². The van der Waals surface area contributed by atoms with Gasteiger partial charge in [-0.05, 0) is 44.2 Å². The van der Waals surface area contributed by atoms with E-state index in [0.717, 1.165) is 25.1 Å². The minimum atomic E-state index is -0.358. The maximum absolute atomic E-state index is 13.0. The lowest BCUT2D eigenvalue weighted by Crippen LogP contribution is -2.12. The molecule has 1 aromatic carbocycles. The normalized spacial score (nSPS) is 10.9. The number of thiophene rings is 1. The molecule has 0 bridgehead atoms. The SMILES string of the molecule is CCCNCc1cc(COc2ccc(F)cc2Cl)c(C)s1. The van der Waals surface area contributed by atoms with Gasteiger partial charge in [0.25, 0.3) is 0 Å². The molecular formula is C16H19ClFNOS. The molecule has 0 fully saturated rings. The Labute approximate surface area is 133 Å². The van der Waals surface area contributed by atoms with Gasteiger partial charge in [0.1, 0.15) is 18.2 Å². The van der Waals surface area contributed by atoms with E-state index in [9.17, 15) is 4.39 Å². The standard InChI is InChI=1S/C16H19ClFNOS/c1-3-6-19-9-14-7-12(11(2)21-14)10-20-16-5-4-13(18)8-15(16)17/h4-5,7-8,19H,3,6,9-10H2,1-2H3. The number of hydrogen-bond donors (Lipinski definition) is 1. The maximum atomic E-state index is 13.0. The molecule has 0 aliphatic rings. The third-order valence-electron chi connectivity index (χ3n) is 3.07.